The van der Waals surface area contributed by atoms with Gasteiger partial charge in [0.2, 0.25) is 5.91 Å². The SMILES string of the molecule is CCC1CCCCN1c1ccc(NC(=O)Cc2ccc(OC)cc2)nc1. The van der Waals surface area contributed by atoms with Crippen LogP contribution in [0.25, 0.3) is 0 Å². The van der Waals surface area contributed by atoms with Crippen LogP contribution in [0.15, 0.2) is 42.6 Å². The zero-order valence-corrected chi connectivity index (χ0v) is 15.6. The fraction of sp³-hybridized carbons (Fsp3) is 0.429. The Bertz CT molecular complexity index is 713. The molecule has 0 bridgehead atoms. The van der Waals surface area contributed by atoms with E-state index in [1.165, 1.54) is 19.3 Å². The quantitative estimate of drug-likeness (QED) is 0.851. The number of carbonyl (C=O) groups excluding carboxylic acids is 1. The van der Waals surface area contributed by atoms with Gasteiger partial charge >= 0.3 is 0 Å². The predicted octanol–water partition coefficient (Wildman–Crippen LogP) is 4.04. The molecule has 0 aliphatic carbocycles. The molecule has 1 N–H and O–H groups in total. The van der Waals surface area contributed by atoms with E-state index >= 15 is 0 Å². The van der Waals surface area contributed by atoms with E-state index in [4.69, 9.17) is 4.74 Å². The lowest BCUT2D eigenvalue weighted by molar-refractivity contribution is -0.115. The van der Waals surface area contributed by atoms with Gasteiger partial charge < -0.3 is 15.0 Å². The third-order valence-corrected chi connectivity index (χ3v) is 4.97. The molecule has 2 heterocycles. The van der Waals surface area contributed by atoms with Crippen LogP contribution in [0.3, 0.4) is 0 Å². The molecular weight excluding hydrogens is 326 g/mol. The maximum atomic E-state index is 12.2. The van der Waals surface area contributed by atoms with Crippen molar-refractivity contribution in [2.24, 2.45) is 0 Å². The van der Waals surface area contributed by atoms with Crippen LogP contribution in [-0.2, 0) is 11.2 Å². The summed E-state index contributed by atoms with van der Waals surface area (Å²) in [7, 11) is 1.63. The minimum absolute atomic E-state index is 0.0696. The maximum Gasteiger partial charge on any atom is 0.229 e. The van der Waals surface area contributed by atoms with Crippen molar-refractivity contribution in [3.63, 3.8) is 0 Å². The number of ether oxygens (including phenoxy) is 1. The number of methoxy groups -OCH3 is 1. The smallest absolute Gasteiger partial charge is 0.229 e. The summed E-state index contributed by atoms with van der Waals surface area (Å²) in [5.41, 5.74) is 2.09. The van der Waals surface area contributed by atoms with Crippen molar-refractivity contribution in [3.8, 4) is 5.75 Å². The third-order valence-electron chi connectivity index (χ3n) is 4.97. The van der Waals surface area contributed by atoms with E-state index in [9.17, 15) is 4.79 Å². The Morgan fingerprint density at radius 2 is 2.04 bits per heavy atom. The molecule has 5 heteroatoms. The molecule has 5 nitrogen and oxygen atoms in total. The number of piperidine rings is 1. The van der Waals surface area contributed by atoms with Crippen LogP contribution in [0.1, 0.15) is 38.2 Å². The lowest BCUT2D eigenvalue weighted by atomic mass is 9.99. The number of anilines is 2. The first-order chi connectivity index (χ1) is 12.7. The van der Waals surface area contributed by atoms with Gasteiger partial charge in [-0.2, -0.15) is 0 Å². The molecule has 26 heavy (non-hydrogen) atoms. The molecule has 1 aliphatic rings. The fourth-order valence-corrected chi connectivity index (χ4v) is 3.51. The van der Waals surface area contributed by atoms with Crippen molar-refractivity contribution in [2.45, 2.75) is 45.1 Å². The summed E-state index contributed by atoms with van der Waals surface area (Å²) in [6, 6.07) is 12.1. The van der Waals surface area contributed by atoms with Crippen molar-refractivity contribution in [1.29, 1.82) is 0 Å². The van der Waals surface area contributed by atoms with Crippen molar-refractivity contribution in [1.82, 2.24) is 4.98 Å². The first kappa shape index (κ1) is 18.2. The van der Waals surface area contributed by atoms with Crippen LogP contribution in [0.2, 0.25) is 0 Å². The predicted molar refractivity (Wildman–Crippen MR) is 105 cm³/mol. The van der Waals surface area contributed by atoms with Crippen LogP contribution < -0.4 is 15.0 Å². The highest BCUT2D eigenvalue weighted by Crippen LogP contribution is 2.26. The lowest BCUT2D eigenvalue weighted by Gasteiger charge is -2.37. The van der Waals surface area contributed by atoms with Crippen LogP contribution in [0, 0.1) is 0 Å². The number of aromatic nitrogens is 1. The monoisotopic (exact) mass is 353 g/mol. The van der Waals surface area contributed by atoms with Gasteiger partial charge in [-0.25, -0.2) is 4.98 Å². The van der Waals surface area contributed by atoms with Gasteiger partial charge in [0.25, 0.3) is 0 Å². The first-order valence-electron chi connectivity index (χ1n) is 9.35. The summed E-state index contributed by atoms with van der Waals surface area (Å²) < 4.78 is 5.13. The van der Waals surface area contributed by atoms with Gasteiger partial charge in [-0.05, 0) is 55.5 Å². The average molecular weight is 353 g/mol. The van der Waals surface area contributed by atoms with Crippen LogP contribution in [0.4, 0.5) is 11.5 Å². The maximum absolute atomic E-state index is 12.2. The molecule has 1 aromatic heterocycles. The third kappa shape index (κ3) is 4.54. The zero-order valence-electron chi connectivity index (χ0n) is 15.6. The van der Waals surface area contributed by atoms with E-state index in [0.717, 1.165) is 30.0 Å². The number of pyridine rings is 1. The number of hydrogen-bond acceptors (Lipinski definition) is 4. The molecule has 3 rings (SSSR count). The Morgan fingerprint density at radius 3 is 2.69 bits per heavy atom. The Labute approximate surface area is 155 Å². The molecule has 1 amide bonds. The number of benzene rings is 1. The van der Waals surface area contributed by atoms with Gasteiger partial charge in [0, 0.05) is 12.6 Å². The summed E-state index contributed by atoms with van der Waals surface area (Å²) in [5.74, 6) is 1.31. The van der Waals surface area contributed by atoms with Crippen molar-refractivity contribution < 1.29 is 9.53 Å². The number of amides is 1. The Balaban J connectivity index is 1.58. The summed E-state index contributed by atoms with van der Waals surface area (Å²) in [6.07, 6.45) is 7.13. The molecule has 1 aliphatic heterocycles. The highest BCUT2D eigenvalue weighted by atomic mass is 16.5. The van der Waals surface area contributed by atoms with Gasteiger partial charge in [-0.1, -0.05) is 19.1 Å². The van der Waals surface area contributed by atoms with E-state index in [1.54, 1.807) is 7.11 Å². The summed E-state index contributed by atoms with van der Waals surface area (Å²) in [4.78, 5) is 19.1. The normalized spacial score (nSPS) is 17.0. The number of carbonyl (C=O) groups is 1. The van der Waals surface area contributed by atoms with Crippen LogP contribution in [-0.4, -0.2) is 30.6 Å². The molecule has 1 aromatic carbocycles. The largest absolute Gasteiger partial charge is 0.497 e. The van der Waals surface area contributed by atoms with E-state index in [1.807, 2.05) is 36.5 Å². The fourth-order valence-electron chi connectivity index (χ4n) is 3.51. The summed E-state index contributed by atoms with van der Waals surface area (Å²) in [5, 5.41) is 2.87. The first-order valence-corrected chi connectivity index (χ1v) is 9.35. The van der Waals surface area contributed by atoms with Crippen molar-refractivity contribution >= 4 is 17.4 Å². The number of rotatable bonds is 6. The number of nitrogens with one attached hydrogen (secondary N) is 1. The summed E-state index contributed by atoms with van der Waals surface area (Å²) in [6.45, 7) is 3.33. The highest BCUT2D eigenvalue weighted by molar-refractivity contribution is 5.91. The van der Waals surface area contributed by atoms with Gasteiger partial charge in [0.1, 0.15) is 11.6 Å². The minimum Gasteiger partial charge on any atom is -0.497 e. The van der Waals surface area contributed by atoms with Crippen molar-refractivity contribution in [3.05, 3.63) is 48.2 Å². The molecule has 138 valence electrons. The molecule has 0 saturated carbocycles. The van der Waals surface area contributed by atoms with Gasteiger partial charge in [0.05, 0.1) is 25.4 Å². The Morgan fingerprint density at radius 1 is 1.23 bits per heavy atom. The van der Waals surface area contributed by atoms with Crippen LogP contribution >= 0.6 is 0 Å². The molecule has 1 unspecified atom stereocenters. The highest BCUT2D eigenvalue weighted by Gasteiger charge is 2.21. The minimum atomic E-state index is -0.0696. The lowest BCUT2D eigenvalue weighted by Crippen LogP contribution is -2.39. The van der Waals surface area contributed by atoms with Crippen molar-refractivity contribution in [2.75, 3.05) is 23.9 Å². The zero-order chi connectivity index (χ0) is 18.4. The van der Waals surface area contributed by atoms with E-state index in [2.05, 4.69) is 28.2 Å². The van der Waals surface area contributed by atoms with E-state index in [0.29, 0.717) is 18.3 Å². The Kier molecular flexibility index (Phi) is 6.10. The molecule has 1 atom stereocenters. The van der Waals surface area contributed by atoms with Gasteiger partial charge in [-0.3, -0.25) is 4.79 Å². The second-order valence-electron chi connectivity index (χ2n) is 6.73. The second-order valence-corrected chi connectivity index (χ2v) is 6.73. The standard InChI is InChI=1S/C21H27N3O2/c1-3-17-6-4-5-13-24(17)18-9-12-20(22-15-18)23-21(25)14-16-7-10-19(26-2)11-8-16/h7-12,15,17H,3-6,13-14H2,1-2H3,(H,22,23,25). The average Bonchev–Trinajstić information content (AvgIpc) is 2.69. The molecule has 1 fully saturated rings. The molecule has 1 saturated heterocycles. The number of hydrogen-bond donors (Lipinski definition) is 1. The Hall–Kier alpha value is -2.56. The van der Waals surface area contributed by atoms with Crippen LogP contribution in [0.5, 0.6) is 5.75 Å². The molecule has 2 aromatic rings. The summed E-state index contributed by atoms with van der Waals surface area (Å²) >= 11 is 0. The van der Waals surface area contributed by atoms with Gasteiger partial charge in [0.15, 0.2) is 0 Å². The topological polar surface area (TPSA) is 54.5 Å². The molecular formula is C21H27N3O2. The molecule has 0 radical (unpaired) electrons. The second kappa shape index (κ2) is 8.70. The molecule has 0 spiro atoms. The van der Waals surface area contributed by atoms with Gasteiger partial charge in [-0.15, -0.1) is 0 Å². The number of nitrogens with zero attached hydrogens (tertiary/aromatic N) is 2. The van der Waals surface area contributed by atoms with E-state index < -0.39 is 0 Å². The van der Waals surface area contributed by atoms with E-state index in [-0.39, 0.29) is 5.91 Å².